The van der Waals surface area contributed by atoms with E-state index in [4.69, 9.17) is 10.00 Å². The molecule has 0 N–H and O–H groups in total. The Morgan fingerprint density at radius 2 is 1.80 bits per heavy atom. The number of hydrogen-bond acceptors (Lipinski definition) is 4. The summed E-state index contributed by atoms with van der Waals surface area (Å²) in [6, 6.07) is 19.3. The molecule has 5 heteroatoms. The number of carbonyl (C=O) groups is 1. The highest BCUT2D eigenvalue weighted by Gasteiger charge is 2.21. The van der Waals surface area contributed by atoms with Crippen LogP contribution in [0.3, 0.4) is 0 Å². The largest absolute Gasteiger partial charge is 0.493 e. The molecule has 1 fully saturated rings. The van der Waals surface area contributed by atoms with E-state index >= 15 is 0 Å². The van der Waals surface area contributed by atoms with E-state index in [0.29, 0.717) is 31.7 Å². The average molecular weight is 335 g/mol. The highest BCUT2D eigenvalue weighted by molar-refractivity contribution is 5.76. The van der Waals surface area contributed by atoms with Gasteiger partial charge >= 0.3 is 0 Å². The number of amides is 1. The summed E-state index contributed by atoms with van der Waals surface area (Å²) < 4.78 is 5.59. The highest BCUT2D eigenvalue weighted by Crippen LogP contribution is 2.18. The van der Waals surface area contributed by atoms with Crippen molar-refractivity contribution >= 4 is 11.6 Å². The van der Waals surface area contributed by atoms with E-state index in [0.717, 1.165) is 24.5 Å². The van der Waals surface area contributed by atoms with Gasteiger partial charge in [0.25, 0.3) is 0 Å². The standard InChI is InChI=1S/C20H21N3O2/c21-16-17-5-4-6-18(15-17)22-10-12-23(13-11-22)20(24)9-14-25-19-7-2-1-3-8-19/h1-8,15H,9-14H2. The lowest BCUT2D eigenvalue weighted by Gasteiger charge is -2.36. The Kier molecular flexibility index (Phi) is 5.53. The molecule has 5 nitrogen and oxygen atoms in total. The summed E-state index contributed by atoms with van der Waals surface area (Å²) in [5.41, 5.74) is 1.70. The van der Waals surface area contributed by atoms with Crippen molar-refractivity contribution in [2.45, 2.75) is 6.42 Å². The van der Waals surface area contributed by atoms with E-state index in [2.05, 4.69) is 11.0 Å². The molecule has 2 aromatic rings. The van der Waals surface area contributed by atoms with Crippen molar-refractivity contribution < 1.29 is 9.53 Å². The van der Waals surface area contributed by atoms with E-state index < -0.39 is 0 Å². The summed E-state index contributed by atoms with van der Waals surface area (Å²) in [6.45, 7) is 3.34. The fourth-order valence-electron chi connectivity index (χ4n) is 2.92. The SMILES string of the molecule is N#Cc1cccc(N2CCN(C(=O)CCOc3ccccc3)CC2)c1. The third kappa shape index (κ3) is 4.51. The molecule has 0 unspecified atom stereocenters. The minimum absolute atomic E-state index is 0.126. The number of nitriles is 1. The predicted octanol–water partition coefficient (Wildman–Crippen LogP) is 2.68. The molecule has 1 amide bonds. The Bertz CT molecular complexity index is 747. The molecule has 0 radical (unpaired) electrons. The molecular formula is C20H21N3O2. The molecule has 0 atom stereocenters. The maximum absolute atomic E-state index is 12.3. The van der Waals surface area contributed by atoms with Crippen molar-refractivity contribution in [2.24, 2.45) is 0 Å². The number of nitrogens with zero attached hydrogens (tertiary/aromatic N) is 3. The van der Waals surface area contributed by atoms with Crippen LogP contribution in [0.25, 0.3) is 0 Å². The fourth-order valence-corrected chi connectivity index (χ4v) is 2.92. The minimum Gasteiger partial charge on any atom is -0.493 e. The fraction of sp³-hybridized carbons (Fsp3) is 0.300. The number of piperazine rings is 1. The summed E-state index contributed by atoms with van der Waals surface area (Å²) in [6.07, 6.45) is 0.388. The lowest BCUT2D eigenvalue weighted by Crippen LogP contribution is -2.49. The Morgan fingerprint density at radius 1 is 1.04 bits per heavy atom. The smallest absolute Gasteiger partial charge is 0.226 e. The van der Waals surface area contributed by atoms with Crippen molar-refractivity contribution in [1.82, 2.24) is 4.90 Å². The Balaban J connectivity index is 1.45. The van der Waals surface area contributed by atoms with Gasteiger partial charge in [-0.2, -0.15) is 5.26 Å². The maximum atomic E-state index is 12.3. The van der Waals surface area contributed by atoms with Crippen molar-refractivity contribution in [3.05, 3.63) is 60.2 Å². The van der Waals surface area contributed by atoms with Gasteiger partial charge in [-0.05, 0) is 30.3 Å². The van der Waals surface area contributed by atoms with Crippen molar-refractivity contribution in [1.29, 1.82) is 5.26 Å². The van der Waals surface area contributed by atoms with Crippen LogP contribution in [0.15, 0.2) is 54.6 Å². The average Bonchev–Trinajstić information content (AvgIpc) is 2.69. The van der Waals surface area contributed by atoms with E-state index in [1.165, 1.54) is 0 Å². The minimum atomic E-state index is 0.126. The lowest BCUT2D eigenvalue weighted by atomic mass is 10.2. The van der Waals surface area contributed by atoms with Gasteiger partial charge in [-0.25, -0.2) is 0 Å². The summed E-state index contributed by atoms with van der Waals surface area (Å²) >= 11 is 0. The molecule has 0 aliphatic carbocycles. The maximum Gasteiger partial charge on any atom is 0.226 e. The second-order valence-electron chi connectivity index (χ2n) is 5.94. The van der Waals surface area contributed by atoms with Crippen molar-refractivity contribution in [3.63, 3.8) is 0 Å². The topological polar surface area (TPSA) is 56.6 Å². The van der Waals surface area contributed by atoms with Crippen LogP contribution >= 0.6 is 0 Å². The highest BCUT2D eigenvalue weighted by atomic mass is 16.5. The summed E-state index contributed by atoms with van der Waals surface area (Å²) in [5, 5.41) is 9.01. The van der Waals surface area contributed by atoms with E-state index in [9.17, 15) is 4.79 Å². The van der Waals surface area contributed by atoms with Crippen molar-refractivity contribution in [3.8, 4) is 11.8 Å². The third-order valence-corrected chi connectivity index (χ3v) is 4.30. The molecule has 0 saturated carbocycles. The van der Waals surface area contributed by atoms with Crippen LogP contribution in [-0.4, -0.2) is 43.6 Å². The zero-order chi connectivity index (χ0) is 17.5. The van der Waals surface area contributed by atoms with Crippen LogP contribution in [0.4, 0.5) is 5.69 Å². The molecule has 25 heavy (non-hydrogen) atoms. The molecule has 3 rings (SSSR count). The first-order chi connectivity index (χ1) is 12.3. The number of rotatable bonds is 5. The Labute approximate surface area is 148 Å². The molecule has 1 aliphatic rings. The molecule has 1 aliphatic heterocycles. The van der Waals surface area contributed by atoms with Crippen LogP contribution in [0.5, 0.6) is 5.75 Å². The monoisotopic (exact) mass is 335 g/mol. The summed E-state index contributed by atoms with van der Waals surface area (Å²) in [5.74, 6) is 0.916. The molecule has 0 aromatic heterocycles. The van der Waals surface area contributed by atoms with Gasteiger partial charge in [0.2, 0.25) is 5.91 Å². The van der Waals surface area contributed by atoms with Crippen LogP contribution in [0.2, 0.25) is 0 Å². The summed E-state index contributed by atoms with van der Waals surface area (Å²) in [4.78, 5) is 16.4. The van der Waals surface area contributed by atoms with E-state index in [1.54, 1.807) is 6.07 Å². The molecular weight excluding hydrogens is 314 g/mol. The predicted molar refractivity (Wildman–Crippen MR) is 96.5 cm³/mol. The molecule has 2 aromatic carbocycles. The molecule has 0 bridgehead atoms. The van der Waals surface area contributed by atoms with Gasteiger partial charge in [-0.3, -0.25) is 4.79 Å². The van der Waals surface area contributed by atoms with Crippen LogP contribution in [0, 0.1) is 11.3 Å². The van der Waals surface area contributed by atoms with Gasteiger partial charge in [0.1, 0.15) is 5.75 Å². The normalized spacial score (nSPS) is 14.0. The molecule has 0 spiro atoms. The number of ether oxygens (including phenoxy) is 1. The number of benzene rings is 2. The second kappa shape index (κ2) is 8.20. The van der Waals surface area contributed by atoms with Gasteiger partial charge in [-0.15, -0.1) is 0 Å². The molecule has 128 valence electrons. The van der Waals surface area contributed by atoms with Gasteiger partial charge in [0.05, 0.1) is 24.7 Å². The van der Waals surface area contributed by atoms with Crippen LogP contribution in [0.1, 0.15) is 12.0 Å². The Morgan fingerprint density at radius 3 is 2.52 bits per heavy atom. The van der Waals surface area contributed by atoms with Crippen molar-refractivity contribution in [2.75, 3.05) is 37.7 Å². The molecule has 1 heterocycles. The van der Waals surface area contributed by atoms with Crippen LogP contribution in [-0.2, 0) is 4.79 Å². The van der Waals surface area contributed by atoms with E-state index in [-0.39, 0.29) is 5.91 Å². The quantitative estimate of drug-likeness (QED) is 0.843. The first-order valence-corrected chi connectivity index (χ1v) is 8.47. The van der Waals surface area contributed by atoms with Gasteiger partial charge in [-0.1, -0.05) is 24.3 Å². The third-order valence-electron chi connectivity index (χ3n) is 4.30. The number of anilines is 1. The van der Waals surface area contributed by atoms with Gasteiger partial charge in [0.15, 0.2) is 0 Å². The Hall–Kier alpha value is -3.00. The number of hydrogen-bond donors (Lipinski definition) is 0. The summed E-state index contributed by atoms with van der Waals surface area (Å²) in [7, 11) is 0. The van der Waals surface area contributed by atoms with Crippen LogP contribution < -0.4 is 9.64 Å². The number of carbonyl (C=O) groups excluding carboxylic acids is 1. The zero-order valence-electron chi connectivity index (χ0n) is 14.1. The molecule has 1 saturated heterocycles. The van der Waals surface area contributed by atoms with Gasteiger partial charge in [0, 0.05) is 31.9 Å². The van der Waals surface area contributed by atoms with E-state index in [1.807, 2.05) is 53.4 Å². The van der Waals surface area contributed by atoms with Gasteiger partial charge < -0.3 is 14.5 Å². The zero-order valence-corrected chi connectivity index (χ0v) is 14.1. The second-order valence-corrected chi connectivity index (χ2v) is 5.94. The first kappa shape index (κ1) is 16.8. The first-order valence-electron chi connectivity index (χ1n) is 8.47. The number of para-hydroxylation sites is 1. The lowest BCUT2D eigenvalue weighted by molar-refractivity contribution is -0.132.